The summed E-state index contributed by atoms with van der Waals surface area (Å²) < 4.78 is 5.44. The zero-order valence-corrected chi connectivity index (χ0v) is 13.1. The third kappa shape index (κ3) is 5.34. The Hall–Kier alpha value is -1.62. The van der Waals surface area contributed by atoms with Crippen molar-refractivity contribution in [1.29, 1.82) is 0 Å². The Morgan fingerprint density at radius 3 is 3.14 bits per heavy atom. The highest BCUT2D eigenvalue weighted by molar-refractivity contribution is 5.79. The predicted octanol–water partition coefficient (Wildman–Crippen LogP) is 1.56. The largest absolute Gasteiger partial charge is 0.381 e. The molecule has 0 saturated carbocycles. The van der Waals surface area contributed by atoms with Crippen LogP contribution in [0.2, 0.25) is 0 Å². The number of pyridine rings is 1. The fourth-order valence-corrected chi connectivity index (χ4v) is 2.51. The van der Waals surface area contributed by atoms with Crippen LogP contribution in [-0.2, 0) is 11.2 Å². The number of aromatic nitrogens is 1. The number of aliphatic imine (C=N–C) groups is 1. The molecule has 1 aromatic heterocycles. The minimum absolute atomic E-state index is 0.622. The van der Waals surface area contributed by atoms with Crippen molar-refractivity contribution >= 4 is 5.96 Å². The quantitative estimate of drug-likeness (QED) is 0.638. The van der Waals surface area contributed by atoms with Crippen LogP contribution in [0.15, 0.2) is 29.5 Å². The van der Waals surface area contributed by atoms with Crippen molar-refractivity contribution in [2.45, 2.75) is 19.8 Å². The van der Waals surface area contributed by atoms with Crippen molar-refractivity contribution in [2.75, 3.05) is 39.9 Å². The summed E-state index contributed by atoms with van der Waals surface area (Å²) in [6.45, 7) is 6.53. The first-order valence-electron chi connectivity index (χ1n) is 7.75. The van der Waals surface area contributed by atoms with Crippen molar-refractivity contribution in [2.24, 2.45) is 10.9 Å². The summed E-state index contributed by atoms with van der Waals surface area (Å²) in [6, 6.07) is 4.06. The van der Waals surface area contributed by atoms with Gasteiger partial charge in [0.1, 0.15) is 0 Å². The number of hydrogen-bond donors (Lipinski definition) is 1. The molecule has 116 valence electrons. The highest BCUT2D eigenvalue weighted by Crippen LogP contribution is 2.13. The lowest BCUT2D eigenvalue weighted by atomic mass is 10.1. The second-order valence-corrected chi connectivity index (χ2v) is 5.46. The summed E-state index contributed by atoms with van der Waals surface area (Å²) in [4.78, 5) is 11.1. The standard InChI is InChI=1S/C16H26N4O/c1-3-18-16(20(2)12-15-7-10-21-13-15)19-9-6-14-5-4-8-17-11-14/h4-5,8,11,15H,3,6-7,9-10,12-13H2,1-2H3,(H,18,19). The molecular formula is C16H26N4O. The molecule has 1 aliphatic rings. The molecule has 1 fully saturated rings. The first-order chi connectivity index (χ1) is 10.3. The van der Waals surface area contributed by atoms with Crippen LogP contribution in [0.1, 0.15) is 18.9 Å². The number of nitrogens with one attached hydrogen (secondary N) is 1. The summed E-state index contributed by atoms with van der Waals surface area (Å²) in [5.41, 5.74) is 1.23. The van der Waals surface area contributed by atoms with E-state index < -0.39 is 0 Å². The van der Waals surface area contributed by atoms with Crippen LogP contribution in [0, 0.1) is 5.92 Å². The summed E-state index contributed by atoms with van der Waals surface area (Å²) >= 11 is 0. The van der Waals surface area contributed by atoms with Crippen LogP contribution in [0.4, 0.5) is 0 Å². The van der Waals surface area contributed by atoms with Gasteiger partial charge in [0.15, 0.2) is 5.96 Å². The maximum atomic E-state index is 5.44. The number of hydrogen-bond acceptors (Lipinski definition) is 3. The Kier molecular flexibility index (Phi) is 6.47. The summed E-state index contributed by atoms with van der Waals surface area (Å²) in [5.74, 6) is 1.60. The van der Waals surface area contributed by atoms with E-state index in [1.54, 1.807) is 6.20 Å². The third-order valence-electron chi connectivity index (χ3n) is 3.64. The van der Waals surface area contributed by atoms with Gasteiger partial charge >= 0.3 is 0 Å². The van der Waals surface area contributed by atoms with Crippen molar-refractivity contribution in [1.82, 2.24) is 15.2 Å². The molecule has 21 heavy (non-hydrogen) atoms. The second-order valence-electron chi connectivity index (χ2n) is 5.46. The highest BCUT2D eigenvalue weighted by Gasteiger charge is 2.18. The van der Waals surface area contributed by atoms with E-state index in [2.05, 4.69) is 35.2 Å². The molecular weight excluding hydrogens is 264 g/mol. The molecule has 5 nitrogen and oxygen atoms in total. The van der Waals surface area contributed by atoms with Crippen molar-refractivity contribution < 1.29 is 4.74 Å². The van der Waals surface area contributed by atoms with Gasteiger partial charge in [0.25, 0.3) is 0 Å². The van der Waals surface area contributed by atoms with Crippen LogP contribution in [0.5, 0.6) is 0 Å². The molecule has 1 unspecified atom stereocenters. The Balaban J connectivity index is 1.85. The Morgan fingerprint density at radius 1 is 1.57 bits per heavy atom. The van der Waals surface area contributed by atoms with E-state index in [0.717, 1.165) is 51.6 Å². The maximum absolute atomic E-state index is 5.44. The van der Waals surface area contributed by atoms with E-state index in [0.29, 0.717) is 5.92 Å². The van der Waals surface area contributed by atoms with Gasteiger partial charge in [-0.3, -0.25) is 9.98 Å². The normalized spacial score (nSPS) is 18.8. The van der Waals surface area contributed by atoms with Crippen LogP contribution < -0.4 is 5.32 Å². The van der Waals surface area contributed by atoms with Gasteiger partial charge < -0.3 is 15.0 Å². The Labute approximate surface area is 127 Å². The molecule has 0 radical (unpaired) electrons. The fraction of sp³-hybridized carbons (Fsp3) is 0.625. The minimum Gasteiger partial charge on any atom is -0.381 e. The predicted molar refractivity (Wildman–Crippen MR) is 85.5 cm³/mol. The smallest absolute Gasteiger partial charge is 0.193 e. The van der Waals surface area contributed by atoms with E-state index in [1.165, 1.54) is 5.56 Å². The SMILES string of the molecule is CCNC(=NCCc1cccnc1)N(C)CC1CCOC1. The van der Waals surface area contributed by atoms with Gasteiger partial charge in [0.2, 0.25) is 0 Å². The molecule has 1 aliphatic heterocycles. The van der Waals surface area contributed by atoms with E-state index in [1.807, 2.05) is 12.3 Å². The van der Waals surface area contributed by atoms with Gasteiger partial charge in [-0.15, -0.1) is 0 Å². The summed E-state index contributed by atoms with van der Waals surface area (Å²) in [7, 11) is 2.10. The first kappa shape index (κ1) is 15.8. The van der Waals surface area contributed by atoms with E-state index in [-0.39, 0.29) is 0 Å². The molecule has 1 saturated heterocycles. The van der Waals surface area contributed by atoms with Gasteiger partial charge in [-0.05, 0) is 31.4 Å². The van der Waals surface area contributed by atoms with Crippen LogP contribution in [-0.4, -0.2) is 55.7 Å². The summed E-state index contributed by atoms with van der Waals surface area (Å²) in [6.07, 6.45) is 5.78. The highest BCUT2D eigenvalue weighted by atomic mass is 16.5. The molecule has 0 spiro atoms. The Morgan fingerprint density at radius 2 is 2.48 bits per heavy atom. The van der Waals surface area contributed by atoms with Crippen LogP contribution >= 0.6 is 0 Å². The number of nitrogens with zero attached hydrogens (tertiary/aromatic N) is 3. The average Bonchev–Trinajstić information content (AvgIpc) is 3.00. The molecule has 0 bridgehead atoms. The monoisotopic (exact) mass is 290 g/mol. The van der Waals surface area contributed by atoms with E-state index in [4.69, 9.17) is 9.73 Å². The lowest BCUT2D eigenvalue weighted by Gasteiger charge is -2.24. The topological polar surface area (TPSA) is 49.8 Å². The first-order valence-corrected chi connectivity index (χ1v) is 7.75. The molecule has 1 N–H and O–H groups in total. The Bertz CT molecular complexity index is 429. The van der Waals surface area contributed by atoms with Crippen molar-refractivity contribution in [3.8, 4) is 0 Å². The van der Waals surface area contributed by atoms with Crippen LogP contribution in [0.25, 0.3) is 0 Å². The molecule has 1 atom stereocenters. The zero-order valence-electron chi connectivity index (χ0n) is 13.1. The van der Waals surface area contributed by atoms with Crippen molar-refractivity contribution in [3.63, 3.8) is 0 Å². The molecule has 0 amide bonds. The minimum atomic E-state index is 0.622. The maximum Gasteiger partial charge on any atom is 0.193 e. The van der Waals surface area contributed by atoms with E-state index >= 15 is 0 Å². The van der Waals surface area contributed by atoms with Gasteiger partial charge in [0, 0.05) is 51.6 Å². The third-order valence-corrected chi connectivity index (χ3v) is 3.64. The number of ether oxygens (including phenoxy) is 1. The molecule has 0 aromatic carbocycles. The lowest BCUT2D eigenvalue weighted by Crippen LogP contribution is -2.41. The van der Waals surface area contributed by atoms with Gasteiger partial charge in [-0.1, -0.05) is 6.07 Å². The molecule has 5 heteroatoms. The molecule has 1 aromatic rings. The lowest BCUT2D eigenvalue weighted by molar-refractivity contribution is 0.181. The molecule has 2 heterocycles. The molecule has 0 aliphatic carbocycles. The van der Waals surface area contributed by atoms with Crippen molar-refractivity contribution in [3.05, 3.63) is 30.1 Å². The van der Waals surface area contributed by atoms with Crippen LogP contribution in [0.3, 0.4) is 0 Å². The fourth-order valence-electron chi connectivity index (χ4n) is 2.51. The van der Waals surface area contributed by atoms with Gasteiger partial charge in [-0.2, -0.15) is 0 Å². The number of guanidine groups is 1. The second kappa shape index (κ2) is 8.62. The zero-order chi connectivity index (χ0) is 14.9. The summed E-state index contributed by atoms with van der Waals surface area (Å²) in [5, 5.41) is 3.36. The average molecular weight is 290 g/mol. The number of rotatable bonds is 6. The van der Waals surface area contributed by atoms with Gasteiger partial charge in [-0.25, -0.2) is 0 Å². The van der Waals surface area contributed by atoms with E-state index in [9.17, 15) is 0 Å². The van der Waals surface area contributed by atoms with Gasteiger partial charge in [0.05, 0.1) is 6.61 Å². The molecule has 2 rings (SSSR count).